The fraction of sp³-hybridized carbons (Fsp3) is 0.0566. The van der Waals surface area contributed by atoms with E-state index in [2.05, 4.69) is 208 Å². The normalized spacial score (nSPS) is 11.6. The van der Waals surface area contributed by atoms with Crippen molar-refractivity contribution < 1.29 is 0 Å². The minimum absolute atomic E-state index is 1.15. The van der Waals surface area contributed by atoms with E-state index in [1.807, 2.05) is 0 Å². The van der Waals surface area contributed by atoms with Gasteiger partial charge in [0.15, 0.2) is 0 Å². The summed E-state index contributed by atoms with van der Waals surface area (Å²) < 4.78 is 0. The molecule has 0 bridgehead atoms. The smallest absolute Gasteiger partial charge is 0.0520 e. The molecular formula is C53H39N. The van der Waals surface area contributed by atoms with Crippen LogP contribution < -0.4 is 4.90 Å². The van der Waals surface area contributed by atoms with Crippen LogP contribution in [0.1, 0.15) is 16.7 Å². The van der Waals surface area contributed by atoms with Crippen LogP contribution in [-0.4, -0.2) is 0 Å². The lowest BCUT2D eigenvalue weighted by atomic mass is 9.70. The van der Waals surface area contributed by atoms with Crippen LogP contribution >= 0.6 is 0 Å². The summed E-state index contributed by atoms with van der Waals surface area (Å²) in [6, 6.07) is 66.9. The van der Waals surface area contributed by atoms with Crippen molar-refractivity contribution in [2.75, 3.05) is 4.90 Å². The summed E-state index contributed by atoms with van der Waals surface area (Å²) >= 11 is 0. The van der Waals surface area contributed by atoms with Crippen LogP contribution in [0.3, 0.4) is 0 Å². The predicted octanol–water partition coefficient (Wildman–Crippen LogP) is 15.0. The van der Waals surface area contributed by atoms with Crippen LogP contribution in [0, 0.1) is 20.8 Å². The number of hydrogen-bond acceptors (Lipinski definition) is 1. The Morgan fingerprint density at radius 1 is 0.333 bits per heavy atom. The van der Waals surface area contributed by atoms with E-state index < -0.39 is 0 Å². The average Bonchev–Trinajstić information content (AvgIpc) is 3.22. The maximum absolute atomic E-state index is 2.48. The Morgan fingerprint density at radius 3 is 1.43 bits per heavy atom. The van der Waals surface area contributed by atoms with E-state index in [1.54, 1.807) is 0 Å². The first-order chi connectivity index (χ1) is 26.5. The molecule has 0 unspecified atom stereocenters. The zero-order valence-corrected chi connectivity index (χ0v) is 30.8. The highest BCUT2D eigenvalue weighted by molar-refractivity contribution is 6.26. The fourth-order valence-corrected chi connectivity index (χ4v) is 8.77. The van der Waals surface area contributed by atoms with Crippen LogP contribution in [0.15, 0.2) is 182 Å². The molecule has 0 heterocycles. The van der Waals surface area contributed by atoms with Gasteiger partial charge in [-0.2, -0.15) is 0 Å². The SMILES string of the molecule is Cc1ccc(-c2ccccc2)cc1N(c1ccc2cc3c(cc2c1)-c1c-3c(-c2ccccc2)c2ccccc2c1-c1ccccc1)c1c(C)cccc1C. The lowest BCUT2D eigenvalue weighted by Gasteiger charge is -2.33. The molecule has 0 radical (unpaired) electrons. The molecule has 1 heteroatoms. The topological polar surface area (TPSA) is 3.24 Å². The molecule has 0 N–H and O–H groups in total. The van der Waals surface area contributed by atoms with E-state index in [9.17, 15) is 0 Å². The van der Waals surface area contributed by atoms with Crippen LogP contribution in [0.5, 0.6) is 0 Å². The fourth-order valence-electron chi connectivity index (χ4n) is 8.77. The van der Waals surface area contributed by atoms with E-state index in [4.69, 9.17) is 0 Å². The van der Waals surface area contributed by atoms with E-state index in [1.165, 1.54) is 105 Å². The van der Waals surface area contributed by atoms with Gasteiger partial charge in [-0.1, -0.05) is 152 Å². The Hall–Kier alpha value is -6.70. The van der Waals surface area contributed by atoms with Gasteiger partial charge in [-0.05, 0) is 145 Å². The minimum atomic E-state index is 1.15. The van der Waals surface area contributed by atoms with Gasteiger partial charge in [0.05, 0.1) is 5.69 Å². The number of fused-ring (bicyclic) bond motifs is 6. The largest absolute Gasteiger partial charge is 0.310 e. The second kappa shape index (κ2) is 12.8. The lowest BCUT2D eigenvalue weighted by molar-refractivity contribution is 1.20. The van der Waals surface area contributed by atoms with Gasteiger partial charge in [-0.15, -0.1) is 0 Å². The third-order valence-corrected chi connectivity index (χ3v) is 11.3. The van der Waals surface area contributed by atoms with Crippen molar-refractivity contribution in [1.29, 1.82) is 0 Å². The van der Waals surface area contributed by atoms with Crippen LogP contribution in [0.25, 0.3) is 77.2 Å². The molecule has 0 aromatic heterocycles. The number of aryl methyl sites for hydroxylation is 3. The van der Waals surface area contributed by atoms with Crippen molar-refractivity contribution in [3.05, 3.63) is 199 Å². The first-order valence-corrected chi connectivity index (χ1v) is 18.9. The van der Waals surface area contributed by atoms with Gasteiger partial charge >= 0.3 is 0 Å². The molecule has 1 aliphatic rings. The molecule has 0 atom stereocenters. The van der Waals surface area contributed by atoms with Crippen molar-refractivity contribution >= 4 is 38.6 Å². The molecule has 54 heavy (non-hydrogen) atoms. The number of anilines is 3. The van der Waals surface area contributed by atoms with E-state index in [-0.39, 0.29) is 0 Å². The van der Waals surface area contributed by atoms with Gasteiger partial charge < -0.3 is 4.90 Å². The predicted molar refractivity (Wildman–Crippen MR) is 231 cm³/mol. The standard InChI is InChI=1S/C53H39N/c1-34-26-27-41(37-18-7-4-8-19-37)33-48(34)54(53-35(2)16-15-17-36(53)3)43-29-28-40-31-46-47(32-42(40)30-43)52-50(39-22-11-6-12-23-39)45-25-14-13-24-44(45)49(51(46)52)38-20-9-5-10-21-38/h4-33H,1-3H3. The Labute approximate surface area is 317 Å². The highest BCUT2D eigenvalue weighted by Gasteiger charge is 2.33. The van der Waals surface area contributed by atoms with Gasteiger partial charge in [0.1, 0.15) is 0 Å². The number of rotatable bonds is 6. The second-order valence-electron chi connectivity index (χ2n) is 14.6. The minimum Gasteiger partial charge on any atom is -0.310 e. The monoisotopic (exact) mass is 689 g/mol. The van der Waals surface area contributed by atoms with E-state index in [0.717, 1.165) is 5.69 Å². The summed E-state index contributed by atoms with van der Waals surface area (Å²) in [7, 11) is 0. The van der Waals surface area contributed by atoms with E-state index in [0.29, 0.717) is 0 Å². The molecule has 0 saturated heterocycles. The molecule has 1 nitrogen and oxygen atoms in total. The quantitative estimate of drug-likeness (QED) is 0.168. The summed E-state index contributed by atoms with van der Waals surface area (Å²) in [5, 5.41) is 5.06. The molecule has 0 fully saturated rings. The van der Waals surface area contributed by atoms with Crippen molar-refractivity contribution in [1.82, 2.24) is 0 Å². The van der Waals surface area contributed by atoms with Crippen LogP contribution in [-0.2, 0) is 0 Å². The molecule has 0 spiro atoms. The van der Waals surface area contributed by atoms with Gasteiger partial charge in [-0.3, -0.25) is 0 Å². The molecular weight excluding hydrogens is 651 g/mol. The highest BCUT2D eigenvalue weighted by atomic mass is 15.1. The van der Waals surface area contributed by atoms with Gasteiger partial charge in [0, 0.05) is 11.4 Å². The Morgan fingerprint density at radius 2 is 0.852 bits per heavy atom. The molecule has 256 valence electrons. The molecule has 9 aromatic rings. The molecule has 0 aliphatic heterocycles. The first-order valence-electron chi connectivity index (χ1n) is 18.9. The number of hydrogen-bond donors (Lipinski definition) is 0. The highest BCUT2D eigenvalue weighted by Crippen LogP contribution is 2.60. The summed E-state index contributed by atoms with van der Waals surface area (Å²) in [5.41, 5.74) is 20.2. The van der Waals surface area contributed by atoms with Gasteiger partial charge in [0.25, 0.3) is 0 Å². The Balaban J connectivity index is 1.21. The zero-order valence-electron chi connectivity index (χ0n) is 30.8. The lowest BCUT2D eigenvalue weighted by Crippen LogP contribution is -2.14. The Kier molecular flexibility index (Phi) is 7.56. The zero-order chi connectivity index (χ0) is 36.3. The third kappa shape index (κ3) is 5.08. The van der Waals surface area contributed by atoms with Crippen molar-refractivity contribution in [2.24, 2.45) is 0 Å². The molecule has 9 aromatic carbocycles. The average molecular weight is 690 g/mol. The number of nitrogens with zero attached hydrogens (tertiary/aromatic N) is 1. The summed E-state index contributed by atoms with van der Waals surface area (Å²) in [6.07, 6.45) is 0. The number of benzene rings is 9. The maximum atomic E-state index is 2.48. The molecule has 1 aliphatic carbocycles. The van der Waals surface area contributed by atoms with Gasteiger partial charge in [-0.25, -0.2) is 0 Å². The van der Waals surface area contributed by atoms with Crippen LogP contribution in [0.2, 0.25) is 0 Å². The number of para-hydroxylation sites is 1. The third-order valence-electron chi connectivity index (χ3n) is 11.3. The van der Waals surface area contributed by atoms with Gasteiger partial charge in [0.2, 0.25) is 0 Å². The van der Waals surface area contributed by atoms with Crippen LogP contribution in [0.4, 0.5) is 17.1 Å². The maximum Gasteiger partial charge on any atom is 0.0520 e. The summed E-state index contributed by atoms with van der Waals surface area (Å²) in [4.78, 5) is 2.48. The summed E-state index contributed by atoms with van der Waals surface area (Å²) in [5.74, 6) is 0. The first kappa shape index (κ1) is 32.0. The van der Waals surface area contributed by atoms with Crippen molar-refractivity contribution in [2.45, 2.75) is 20.8 Å². The van der Waals surface area contributed by atoms with E-state index >= 15 is 0 Å². The Bertz CT molecular complexity index is 2870. The second-order valence-corrected chi connectivity index (χ2v) is 14.6. The molecule has 0 saturated carbocycles. The summed E-state index contributed by atoms with van der Waals surface area (Å²) in [6.45, 7) is 6.68. The molecule has 0 amide bonds. The van der Waals surface area contributed by atoms with Crippen molar-refractivity contribution in [3.63, 3.8) is 0 Å². The van der Waals surface area contributed by atoms with Crippen molar-refractivity contribution in [3.8, 4) is 55.6 Å². The molecule has 10 rings (SSSR count).